The molecule has 6 heteroatoms. The van der Waals surface area contributed by atoms with Gasteiger partial charge in [-0.2, -0.15) is 0 Å². The lowest BCUT2D eigenvalue weighted by atomic mass is 9.94. The van der Waals surface area contributed by atoms with Gasteiger partial charge in [-0.1, -0.05) is 35.9 Å². The van der Waals surface area contributed by atoms with Crippen molar-refractivity contribution in [3.8, 4) is 0 Å². The summed E-state index contributed by atoms with van der Waals surface area (Å²) in [4.78, 5) is 31.8. The Balaban J connectivity index is 1.28. The summed E-state index contributed by atoms with van der Waals surface area (Å²) in [5, 5.41) is 0.565. The fraction of sp³-hybridized carbons (Fsp3) is 0.391. The molecule has 0 radical (unpaired) electrons. The van der Waals surface area contributed by atoms with E-state index in [-0.39, 0.29) is 17.7 Å². The number of carbonyl (C=O) groups is 2. The van der Waals surface area contributed by atoms with E-state index in [9.17, 15) is 9.59 Å². The number of para-hydroxylation sites is 1. The first-order valence-corrected chi connectivity index (χ1v) is 10.6. The lowest BCUT2D eigenvalue weighted by Gasteiger charge is -2.39. The van der Waals surface area contributed by atoms with Crippen LogP contribution in [-0.4, -0.2) is 60.9 Å². The van der Waals surface area contributed by atoms with Crippen molar-refractivity contribution in [2.45, 2.75) is 12.8 Å². The normalized spacial score (nSPS) is 18.0. The molecular formula is C23H26ClN3O2. The molecule has 2 aliphatic heterocycles. The lowest BCUT2D eigenvalue weighted by Crippen LogP contribution is -2.52. The van der Waals surface area contributed by atoms with Crippen molar-refractivity contribution in [1.82, 2.24) is 9.80 Å². The molecule has 0 unspecified atom stereocenters. The largest absolute Gasteiger partial charge is 0.368 e. The van der Waals surface area contributed by atoms with Crippen LogP contribution in [0.2, 0.25) is 5.02 Å². The summed E-state index contributed by atoms with van der Waals surface area (Å²) in [6.45, 7) is 4.48. The van der Waals surface area contributed by atoms with E-state index in [0.29, 0.717) is 23.7 Å². The number of benzene rings is 2. The second-order valence-electron chi connectivity index (χ2n) is 7.72. The van der Waals surface area contributed by atoms with Gasteiger partial charge in [0.05, 0.1) is 0 Å². The molecule has 29 heavy (non-hydrogen) atoms. The molecule has 5 nitrogen and oxygen atoms in total. The van der Waals surface area contributed by atoms with Crippen molar-refractivity contribution in [3.05, 3.63) is 65.2 Å². The Morgan fingerprint density at radius 2 is 1.48 bits per heavy atom. The molecule has 2 aliphatic rings. The van der Waals surface area contributed by atoms with E-state index >= 15 is 0 Å². The van der Waals surface area contributed by atoms with Crippen LogP contribution in [0.25, 0.3) is 0 Å². The van der Waals surface area contributed by atoms with Gasteiger partial charge in [0.1, 0.15) is 0 Å². The summed E-state index contributed by atoms with van der Waals surface area (Å²) < 4.78 is 0. The molecule has 0 bridgehead atoms. The molecule has 0 spiro atoms. The van der Waals surface area contributed by atoms with Crippen LogP contribution in [0, 0.1) is 5.92 Å². The van der Waals surface area contributed by atoms with Crippen LogP contribution in [0.3, 0.4) is 0 Å². The lowest BCUT2D eigenvalue weighted by molar-refractivity contribution is -0.137. The summed E-state index contributed by atoms with van der Waals surface area (Å²) in [5.41, 5.74) is 1.83. The predicted octanol–water partition coefficient (Wildman–Crippen LogP) is 3.54. The number of nitrogens with zero attached hydrogens (tertiary/aromatic N) is 3. The number of hydrogen-bond donors (Lipinski definition) is 0. The Hall–Kier alpha value is -2.53. The van der Waals surface area contributed by atoms with Gasteiger partial charge in [-0.3, -0.25) is 9.59 Å². The zero-order valence-corrected chi connectivity index (χ0v) is 17.2. The minimum atomic E-state index is -0.00475. The van der Waals surface area contributed by atoms with Crippen LogP contribution >= 0.6 is 11.6 Å². The molecule has 2 aromatic carbocycles. The molecule has 0 saturated carbocycles. The molecule has 0 aliphatic carbocycles. The summed E-state index contributed by atoms with van der Waals surface area (Å²) in [6.07, 6.45) is 1.45. The minimum absolute atomic E-state index is 0.00475. The molecule has 2 amide bonds. The fourth-order valence-electron chi connectivity index (χ4n) is 4.22. The van der Waals surface area contributed by atoms with E-state index in [1.165, 1.54) is 5.69 Å². The molecule has 4 rings (SSSR count). The Morgan fingerprint density at radius 3 is 2.14 bits per heavy atom. The highest BCUT2D eigenvalue weighted by molar-refractivity contribution is 6.30. The Kier molecular flexibility index (Phi) is 6.05. The van der Waals surface area contributed by atoms with Gasteiger partial charge >= 0.3 is 0 Å². The zero-order chi connectivity index (χ0) is 20.2. The third-order valence-corrected chi connectivity index (χ3v) is 6.15. The molecule has 0 atom stereocenters. The molecule has 2 saturated heterocycles. The van der Waals surface area contributed by atoms with E-state index in [1.807, 2.05) is 28.0 Å². The third-order valence-electron chi connectivity index (χ3n) is 5.92. The smallest absolute Gasteiger partial charge is 0.253 e. The second kappa shape index (κ2) is 8.87. The average Bonchev–Trinajstić information content (AvgIpc) is 2.79. The minimum Gasteiger partial charge on any atom is -0.368 e. The van der Waals surface area contributed by atoms with E-state index in [0.717, 1.165) is 39.0 Å². The molecule has 2 aromatic rings. The summed E-state index contributed by atoms with van der Waals surface area (Å²) >= 11 is 6.00. The predicted molar refractivity (Wildman–Crippen MR) is 115 cm³/mol. The van der Waals surface area contributed by atoms with E-state index in [1.54, 1.807) is 24.3 Å². The van der Waals surface area contributed by atoms with Gasteiger partial charge in [-0.25, -0.2) is 0 Å². The van der Waals surface area contributed by atoms with Crippen molar-refractivity contribution in [3.63, 3.8) is 0 Å². The highest BCUT2D eigenvalue weighted by atomic mass is 35.5. The van der Waals surface area contributed by atoms with Gasteiger partial charge in [0.15, 0.2) is 0 Å². The number of piperazine rings is 1. The van der Waals surface area contributed by atoms with Crippen LogP contribution < -0.4 is 4.90 Å². The molecule has 2 heterocycles. The molecule has 152 valence electrons. The van der Waals surface area contributed by atoms with E-state index in [2.05, 4.69) is 17.0 Å². The van der Waals surface area contributed by atoms with Crippen LogP contribution in [0.5, 0.6) is 0 Å². The number of amides is 2. The van der Waals surface area contributed by atoms with Gasteiger partial charge in [0.25, 0.3) is 5.91 Å². The number of halogens is 1. The first-order chi connectivity index (χ1) is 14.1. The number of anilines is 1. The number of likely N-dealkylation sites (tertiary alicyclic amines) is 1. The van der Waals surface area contributed by atoms with Gasteiger partial charge < -0.3 is 14.7 Å². The standard InChI is InChI=1S/C23H26ClN3O2/c24-20-6-4-5-19(17-20)23(29)26-11-9-18(10-12-26)22(28)27-15-13-25(14-16-27)21-7-2-1-3-8-21/h1-8,17-18H,9-16H2. The van der Waals surface area contributed by atoms with Crippen molar-refractivity contribution in [2.75, 3.05) is 44.2 Å². The zero-order valence-electron chi connectivity index (χ0n) is 16.5. The summed E-state index contributed by atoms with van der Waals surface area (Å²) in [6, 6.07) is 17.4. The highest BCUT2D eigenvalue weighted by Gasteiger charge is 2.32. The van der Waals surface area contributed by atoms with Gasteiger partial charge in [0, 0.05) is 61.5 Å². The van der Waals surface area contributed by atoms with Crippen LogP contribution in [0.1, 0.15) is 23.2 Å². The number of rotatable bonds is 3. The SMILES string of the molecule is O=C(c1cccc(Cl)c1)N1CCC(C(=O)N2CCN(c3ccccc3)CC2)CC1. The first-order valence-electron chi connectivity index (χ1n) is 10.3. The molecule has 0 aromatic heterocycles. The van der Waals surface area contributed by atoms with Gasteiger partial charge in [-0.05, 0) is 43.2 Å². The Morgan fingerprint density at radius 1 is 0.793 bits per heavy atom. The van der Waals surface area contributed by atoms with Gasteiger partial charge in [-0.15, -0.1) is 0 Å². The Labute approximate surface area is 176 Å². The molecule has 0 N–H and O–H groups in total. The summed E-state index contributed by atoms with van der Waals surface area (Å²) in [5.74, 6) is 0.254. The average molecular weight is 412 g/mol. The topological polar surface area (TPSA) is 43.9 Å². The highest BCUT2D eigenvalue weighted by Crippen LogP contribution is 2.23. The first kappa shape index (κ1) is 19.8. The van der Waals surface area contributed by atoms with Crippen molar-refractivity contribution < 1.29 is 9.59 Å². The maximum Gasteiger partial charge on any atom is 0.253 e. The number of hydrogen-bond acceptors (Lipinski definition) is 3. The van der Waals surface area contributed by atoms with Crippen LogP contribution in [0.15, 0.2) is 54.6 Å². The number of piperidine rings is 1. The molecular weight excluding hydrogens is 386 g/mol. The maximum atomic E-state index is 13.0. The monoisotopic (exact) mass is 411 g/mol. The van der Waals surface area contributed by atoms with Crippen molar-refractivity contribution in [1.29, 1.82) is 0 Å². The fourth-order valence-corrected chi connectivity index (χ4v) is 4.41. The third kappa shape index (κ3) is 4.56. The molecule has 2 fully saturated rings. The van der Waals surface area contributed by atoms with Crippen molar-refractivity contribution >= 4 is 29.1 Å². The quantitative estimate of drug-likeness (QED) is 0.775. The van der Waals surface area contributed by atoms with Crippen LogP contribution in [0.4, 0.5) is 5.69 Å². The van der Waals surface area contributed by atoms with Gasteiger partial charge in [0.2, 0.25) is 5.91 Å². The van der Waals surface area contributed by atoms with Crippen molar-refractivity contribution in [2.24, 2.45) is 5.92 Å². The van der Waals surface area contributed by atoms with Crippen LogP contribution in [-0.2, 0) is 4.79 Å². The Bertz CT molecular complexity index is 857. The second-order valence-corrected chi connectivity index (χ2v) is 8.16. The van der Waals surface area contributed by atoms with E-state index in [4.69, 9.17) is 11.6 Å². The maximum absolute atomic E-state index is 13.0. The summed E-state index contributed by atoms with van der Waals surface area (Å²) in [7, 11) is 0. The van der Waals surface area contributed by atoms with E-state index < -0.39 is 0 Å². The number of carbonyl (C=O) groups excluding carboxylic acids is 2.